The van der Waals surface area contributed by atoms with E-state index in [2.05, 4.69) is 15.0 Å². The van der Waals surface area contributed by atoms with Gasteiger partial charge in [-0.1, -0.05) is 11.6 Å². The third-order valence-corrected chi connectivity index (χ3v) is 1.17. The van der Waals surface area contributed by atoms with Crippen molar-refractivity contribution in [3.8, 4) is 0 Å². The van der Waals surface area contributed by atoms with E-state index in [-0.39, 0.29) is 10.7 Å². The highest BCUT2D eigenvalue weighted by Gasteiger charge is 2.02. The number of hydrogen-bond donors (Lipinski definition) is 1. The van der Waals surface area contributed by atoms with Crippen molar-refractivity contribution >= 4 is 17.3 Å². The summed E-state index contributed by atoms with van der Waals surface area (Å²) in [5.41, 5.74) is -0.667. The fourth-order valence-corrected chi connectivity index (χ4v) is 0.651. The van der Waals surface area contributed by atoms with Crippen molar-refractivity contribution in [3.63, 3.8) is 0 Å². The summed E-state index contributed by atoms with van der Waals surface area (Å²) in [6.45, 7) is 6.52. The summed E-state index contributed by atoms with van der Waals surface area (Å²) >= 11 is 5.43. The van der Waals surface area contributed by atoms with Gasteiger partial charge in [0.2, 0.25) is 0 Å². The largest absolute Gasteiger partial charge is 0.282 e. The summed E-state index contributed by atoms with van der Waals surface area (Å²) < 4.78 is 0. The van der Waals surface area contributed by atoms with Crippen LogP contribution in [0.15, 0.2) is 11.0 Å². The molecule has 0 unspecified atom stereocenters. The molecule has 0 radical (unpaired) electrons. The Bertz CT molecular complexity index is 337. The highest BCUT2D eigenvalue weighted by atomic mass is 35.5. The number of H-pyrrole nitrogens is 1. The summed E-state index contributed by atoms with van der Waals surface area (Å²) in [5, 5.41) is 5.55. The average Bonchev–Trinajstić information content (AvgIpc) is 1.88. The van der Waals surface area contributed by atoms with Crippen molar-refractivity contribution in [2.75, 3.05) is 0 Å². The van der Waals surface area contributed by atoms with Gasteiger partial charge < -0.3 is 0 Å². The van der Waals surface area contributed by atoms with Crippen LogP contribution in [-0.4, -0.2) is 10.2 Å². The van der Waals surface area contributed by atoms with Gasteiger partial charge in [0.15, 0.2) is 0 Å². The molecule has 0 saturated heterocycles. The lowest BCUT2D eigenvalue weighted by atomic mass is 10.5. The molecule has 50 valence electrons. The van der Waals surface area contributed by atoms with E-state index in [4.69, 9.17) is 18.2 Å². The number of aromatic amines is 1. The van der Waals surface area contributed by atoms with Crippen molar-refractivity contribution in [2.24, 2.45) is 0 Å². The Hall–Kier alpha value is -1.34. The molecule has 4 nitrogen and oxygen atoms in total. The van der Waals surface area contributed by atoms with Gasteiger partial charge >= 0.3 is 0 Å². The maximum Gasteiger partial charge on any atom is 0.272 e. The second-order valence-corrected chi connectivity index (χ2v) is 1.91. The number of halogens is 1. The molecule has 1 rings (SSSR count). The zero-order chi connectivity index (χ0) is 7.56. The van der Waals surface area contributed by atoms with Gasteiger partial charge in [-0.2, -0.15) is 5.10 Å². The minimum atomic E-state index is -0.553. The van der Waals surface area contributed by atoms with Gasteiger partial charge in [0.1, 0.15) is 0 Å². The van der Waals surface area contributed by atoms with E-state index in [1.165, 1.54) is 6.20 Å². The molecular formula is C5H2ClN3O. The van der Waals surface area contributed by atoms with Crippen LogP contribution in [0.3, 0.4) is 0 Å². The van der Waals surface area contributed by atoms with Gasteiger partial charge in [0, 0.05) is 0 Å². The fraction of sp³-hybridized carbons (Fsp3) is 0. The van der Waals surface area contributed by atoms with Crippen LogP contribution >= 0.6 is 11.6 Å². The van der Waals surface area contributed by atoms with Crippen molar-refractivity contribution in [1.29, 1.82) is 0 Å². The van der Waals surface area contributed by atoms with E-state index >= 15 is 0 Å². The zero-order valence-corrected chi connectivity index (χ0v) is 5.51. The number of rotatable bonds is 0. The van der Waals surface area contributed by atoms with E-state index in [0.717, 1.165) is 0 Å². The highest BCUT2D eigenvalue weighted by molar-refractivity contribution is 6.33. The first-order valence-electron chi connectivity index (χ1n) is 2.36. The molecule has 1 aromatic heterocycles. The Morgan fingerprint density at radius 3 is 2.90 bits per heavy atom. The highest BCUT2D eigenvalue weighted by Crippen LogP contribution is 2.16. The average molecular weight is 156 g/mol. The number of hydrogen-bond acceptors (Lipinski definition) is 2. The second-order valence-electron chi connectivity index (χ2n) is 1.51. The molecule has 0 aliphatic heterocycles. The standard InChI is InChI=1S/C5H2ClN3O/c1-7-4-3(6)2-8-9-5(4)10/h2H,(H,9,10). The molecule has 1 heterocycles. The summed E-state index contributed by atoms with van der Waals surface area (Å²) in [6.07, 6.45) is 1.22. The van der Waals surface area contributed by atoms with Gasteiger partial charge in [0.25, 0.3) is 11.2 Å². The minimum Gasteiger partial charge on any atom is -0.282 e. The maximum absolute atomic E-state index is 10.7. The van der Waals surface area contributed by atoms with E-state index in [1.807, 2.05) is 0 Å². The number of aromatic nitrogens is 2. The molecule has 0 bridgehead atoms. The predicted molar refractivity (Wildman–Crippen MR) is 36.1 cm³/mol. The molecule has 0 fully saturated rings. The van der Waals surface area contributed by atoms with Gasteiger partial charge in [-0.3, -0.25) is 9.89 Å². The van der Waals surface area contributed by atoms with Crippen LogP contribution in [0.2, 0.25) is 5.02 Å². The van der Waals surface area contributed by atoms with Gasteiger partial charge in [0.05, 0.1) is 17.8 Å². The van der Waals surface area contributed by atoms with Crippen LogP contribution in [-0.2, 0) is 0 Å². The Balaban J connectivity index is 3.50. The van der Waals surface area contributed by atoms with Crippen molar-refractivity contribution in [1.82, 2.24) is 10.2 Å². The molecule has 0 spiro atoms. The molecule has 0 aromatic carbocycles. The third-order valence-electron chi connectivity index (χ3n) is 0.897. The molecule has 0 atom stereocenters. The molecule has 1 N–H and O–H groups in total. The lowest BCUT2D eigenvalue weighted by Crippen LogP contribution is -2.05. The van der Waals surface area contributed by atoms with Crippen molar-refractivity contribution in [2.45, 2.75) is 0 Å². The maximum atomic E-state index is 10.7. The molecule has 0 aliphatic rings. The molecule has 1 aromatic rings. The number of nitrogens with one attached hydrogen (secondary N) is 1. The van der Waals surface area contributed by atoms with Crippen LogP contribution in [0.25, 0.3) is 4.85 Å². The summed E-state index contributed by atoms with van der Waals surface area (Å²) in [5.74, 6) is 0. The van der Waals surface area contributed by atoms with Gasteiger partial charge in [-0.05, 0) is 0 Å². The Kier molecular flexibility index (Phi) is 1.69. The van der Waals surface area contributed by atoms with E-state index < -0.39 is 5.56 Å². The first-order chi connectivity index (χ1) is 4.75. The molecular weight excluding hydrogens is 154 g/mol. The topological polar surface area (TPSA) is 50.1 Å². The number of nitrogens with zero attached hydrogens (tertiary/aromatic N) is 2. The summed E-state index contributed by atoms with van der Waals surface area (Å²) in [6, 6.07) is 0. The van der Waals surface area contributed by atoms with Gasteiger partial charge in [-0.15, -0.1) is 0 Å². The minimum absolute atomic E-state index is 0.0822. The summed E-state index contributed by atoms with van der Waals surface area (Å²) in [7, 11) is 0. The summed E-state index contributed by atoms with van der Waals surface area (Å²) in [4.78, 5) is 13.6. The molecule has 0 aliphatic carbocycles. The molecule has 0 amide bonds. The molecule has 10 heavy (non-hydrogen) atoms. The zero-order valence-electron chi connectivity index (χ0n) is 4.76. The van der Waals surface area contributed by atoms with Crippen LogP contribution in [0.1, 0.15) is 0 Å². The molecule has 5 heteroatoms. The lowest BCUT2D eigenvalue weighted by molar-refractivity contribution is 0.995. The van der Waals surface area contributed by atoms with Crippen LogP contribution in [0, 0.1) is 6.57 Å². The Morgan fingerprint density at radius 2 is 2.50 bits per heavy atom. The smallest absolute Gasteiger partial charge is 0.272 e. The quantitative estimate of drug-likeness (QED) is 0.568. The van der Waals surface area contributed by atoms with Crippen molar-refractivity contribution in [3.05, 3.63) is 33.0 Å². The second kappa shape index (κ2) is 2.50. The first kappa shape index (κ1) is 6.78. The first-order valence-corrected chi connectivity index (χ1v) is 2.74. The Morgan fingerprint density at radius 1 is 1.80 bits per heavy atom. The van der Waals surface area contributed by atoms with Crippen LogP contribution in [0.5, 0.6) is 0 Å². The van der Waals surface area contributed by atoms with Crippen molar-refractivity contribution < 1.29 is 0 Å². The SMILES string of the molecule is [C-]#[N+]c1c(Cl)cn[nH]c1=O. The fourth-order valence-electron chi connectivity index (χ4n) is 0.474. The Labute approximate surface area is 61.3 Å². The monoisotopic (exact) mass is 155 g/mol. The third kappa shape index (κ3) is 0.993. The van der Waals surface area contributed by atoms with E-state index in [9.17, 15) is 4.79 Å². The lowest BCUT2D eigenvalue weighted by Gasteiger charge is -1.88. The van der Waals surface area contributed by atoms with E-state index in [1.54, 1.807) is 0 Å². The van der Waals surface area contributed by atoms with E-state index in [0.29, 0.717) is 0 Å². The van der Waals surface area contributed by atoms with Gasteiger partial charge in [-0.25, -0.2) is 4.85 Å². The van der Waals surface area contributed by atoms with Crippen LogP contribution in [0.4, 0.5) is 5.69 Å². The normalized spacial score (nSPS) is 8.80. The molecule has 0 saturated carbocycles. The predicted octanol–water partition coefficient (Wildman–Crippen LogP) is 0.974. The van der Waals surface area contributed by atoms with Crippen LogP contribution < -0.4 is 5.56 Å².